The molecule has 0 aromatic heterocycles. The second kappa shape index (κ2) is 7.55. The highest BCUT2D eigenvalue weighted by Crippen LogP contribution is 2.22. The maximum Gasteiger partial charge on any atom is 0.387 e. The molecule has 0 heterocycles. The van der Waals surface area contributed by atoms with Crippen LogP contribution in [0.25, 0.3) is 0 Å². The molecule has 1 aromatic carbocycles. The third kappa shape index (κ3) is 4.72. The first-order chi connectivity index (χ1) is 9.65. The van der Waals surface area contributed by atoms with Crippen molar-refractivity contribution in [3.63, 3.8) is 0 Å². The molecular weight excluding hydrogens is 264 g/mol. The zero-order chi connectivity index (χ0) is 14.4. The van der Waals surface area contributed by atoms with Crippen molar-refractivity contribution in [2.45, 2.75) is 50.9 Å². The predicted octanol–water partition coefficient (Wildman–Crippen LogP) is 3.24. The van der Waals surface area contributed by atoms with Crippen LogP contribution in [0.1, 0.15) is 43.8 Å². The number of aliphatic hydroxyl groups excluding tert-OH is 1. The lowest BCUT2D eigenvalue weighted by Gasteiger charge is -2.24. The van der Waals surface area contributed by atoms with Crippen molar-refractivity contribution in [1.82, 2.24) is 5.32 Å². The van der Waals surface area contributed by atoms with Crippen molar-refractivity contribution >= 4 is 0 Å². The number of halogens is 2. The van der Waals surface area contributed by atoms with Crippen LogP contribution >= 0.6 is 0 Å². The molecule has 0 amide bonds. The SMILES string of the molecule is OC(CNC1CCCCC1)c1cccc(OC(F)F)c1. The van der Waals surface area contributed by atoms with Gasteiger partial charge in [-0.1, -0.05) is 31.4 Å². The fourth-order valence-corrected chi connectivity index (χ4v) is 2.60. The van der Waals surface area contributed by atoms with Gasteiger partial charge in [-0.15, -0.1) is 0 Å². The fourth-order valence-electron chi connectivity index (χ4n) is 2.60. The van der Waals surface area contributed by atoms with Gasteiger partial charge in [0.2, 0.25) is 0 Å². The van der Waals surface area contributed by atoms with Gasteiger partial charge >= 0.3 is 6.61 Å². The van der Waals surface area contributed by atoms with Crippen molar-refractivity contribution < 1.29 is 18.6 Å². The van der Waals surface area contributed by atoms with E-state index in [4.69, 9.17) is 0 Å². The minimum absolute atomic E-state index is 0.0780. The molecule has 1 saturated carbocycles. The average molecular weight is 285 g/mol. The van der Waals surface area contributed by atoms with E-state index in [1.807, 2.05) is 0 Å². The Labute approximate surface area is 117 Å². The van der Waals surface area contributed by atoms with Crippen LogP contribution in [-0.2, 0) is 0 Å². The molecule has 112 valence electrons. The molecule has 0 spiro atoms. The third-order valence-corrected chi connectivity index (χ3v) is 3.67. The molecule has 2 N–H and O–H groups in total. The normalized spacial score (nSPS) is 18.2. The zero-order valence-electron chi connectivity index (χ0n) is 11.4. The molecule has 1 atom stereocenters. The van der Waals surface area contributed by atoms with Crippen LogP contribution in [0.2, 0.25) is 0 Å². The zero-order valence-corrected chi connectivity index (χ0v) is 11.4. The molecule has 2 rings (SSSR count). The Hall–Kier alpha value is -1.20. The van der Waals surface area contributed by atoms with Gasteiger partial charge in [0.25, 0.3) is 0 Å². The Morgan fingerprint density at radius 1 is 1.25 bits per heavy atom. The summed E-state index contributed by atoms with van der Waals surface area (Å²) in [5.74, 6) is 0.0780. The number of aliphatic hydroxyl groups is 1. The maximum absolute atomic E-state index is 12.1. The van der Waals surface area contributed by atoms with Crippen LogP contribution in [0.15, 0.2) is 24.3 Å². The molecule has 1 unspecified atom stereocenters. The van der Waals surface area contributed by atoms with Gasteiger partial charge in [-0.3, -0.25) is 0 Å². The molecule has 3 nitrogen and oxygen atoms in total. The van der Waals surface area contributed by atoms with E-state index in [1.54, 1.807) is 12.1 Å². The summed E-state index contributed by atoms with van der Waals surface area (Å²) in [4.78, 5) is 0. The predicted molar refractivity (Wildman–Crippen MR) is 72.9 cm³/mol. The van der Waals surface area contributed by atoms with E-state index in [0.29, 0.717) is 18.2 Å². The highest BCUT2D eigenvalue weighted by atomic mass is 19.3. The quantitative estimate of drug-likeness (QED) is 0.843. The summed E-state index contributed by atoms with van der Waals surface area (Å²) in [5, 5.41) is 13.4. The molecule has 5 heteroatoms. The van der Waals surface area contributed by atoms with Crippen molar-refractivity contribution in [2.24, 2.45) is 0 Å². The first-order valence-electron chi connectivity index (χ1n) is 7.11. The van der Waals surface area contributed by atoms with Crippen LogP contribution in [0, 0.1) is 0 Å². The summed E-state index contributed by atoms with van der Waals surface area (Å²) in [7, 11) is 0. The van der Waals surface area contributed by atoms with Gasteiger partial charge in [-0.2, -0.15) is 8.78 Å². The molecule has 1 aliphatic carbocycles. The Morgan fingerprint density at radius 3 is 2.70 bits per heavy atom. The number of ether oxygens (including phenoxy) is 1. The van der Waals surface area contributed by atoms with Crippen LogP contribution in [0.4, 0.5) is 8.78 Å². The summed E-state index contributed by atoms with van der Waals surface area (Å²) < 4.78 is 28.6. The van der Waals surface area contributed by atoms with Crippen molar-refractivity contribution in [1.29, 1.82) is 0 Å². The number of hydrogen-bond donors (Lipinski definition) is 2. The summed E-state index contributed by atoms with van der Waals surface area (Å²) in [5.41, 5.74) is 0.589. The van der Waals surface area contributed by atoms with Gasteiger partial charge in [0.05, 0.1) is 6.10 Å². The molecule has 1 aromatic rings. The molecule has 0 bridgehead atoms. The van der Waals surface area contributed by atoms with E-state index in [-0.39, 0.29) is 5.75 Å². The van der Waals surface area contributed by atoms with Crippen molar-refractivity contribution in [3.05, 3.63) is 29.8 Å². The Balaban J connectivity index is 1.86. The lowest BCUT2D eigenvalue weighted by molar-refractivity contribution is -0.0499. The molecule has 1 aliphatic rings. The van der Waals surface area contributed by atoms with E-state index in [0.717, 1.165) is 12.8 Å². The van der Waals surface area contributed by atoms with Crippen molar-refractivity contribution in [3.8, 4) is 5.75 Å². The van der Waals surface area contributed by atoms with Gasteiger partial charge in [0, 0.05) is 12.6 Å². The lowest BCUT2D eigenvalue weighted by atomic mass is 9.95. The molecule has 0 saturated heterocycles. The fraction of sp³-hybridized carbons (Fsp3) is 0.600. The lowest BCUT2D eigenvalue weighted by Crippen LogP contribution is -2.34. The summed E-state index contributed by atoms with van der Waals surface area (Å²) in [6.45, 7) is -2.41. The monoisotopic (exact) mass is 285 g/mol. The molecule has 0 radical (unpaired) electrons. The number of nitrogens with one attached hydrogen (secondary N) is 1. The largest absolute Gasteiger partial charge is 0.435 e. The van der Waals surface area contributed by atoms with Gasteiger partial charge in [-0.25, -0.2) is 0 Å². The molecule has 1 fully saturated rings. The van der Waals surface area contributed by atoms with Gasteiger partial charge in [0.15, 0.2) is 0 Å². The van der Waals surface area contributed by atoms with E-state index in [9.17, 15) is 13.9 Å². The van der Waals surface area contributed by atoms with E-state index < -0.39 is 12.7 Å². The van der Waals surface area contributed by atoms with E-state index in [1.165, 1.54) is 31.4 Å². The minimum Gasteiger partial charge on any atom is -0.435 e. The second-order valence-corrected chi connectivity index (χ2v) is 5.21. The van der Waals surface area contributed by atoms with Crippen molar-refractivity contribution in [2.75, 3.05) is 6.54 Å². The Morgan fingerprint density at radius 2 is 2.00 bits per heavy atom. The summed E-state index contributed by atoms with van der Waals surface area (Å²) in [6.07, 6.45) is 5.31. The summed E-state index contributed by atoms with van der Waals surface area (Å²) >= 11 is 0. The van der Waals surface area contributed by atoms with Gasteiger partial charge in [-0.05, 0) is 30.5 Å². The Bertz CT molecular complexity index is 409. The molecule has 20 heavy (non-hydrogen) atoms. The number of alkyl halides is 2. The second-order valence-electron chi connectivity index (χ2n) is 5.21. The first kappa shape index (κ1) is 15.2. The van der Waals surface area contributed by atoms with Gasteiger partial charge < -0.3 is 15.2 Å². The van der Waals surface area contributed by atoms with E-state index in [2.05, 4.69) is 10.1 Å². The number of hydrogen-bond acceptors (Lipinski definition) is 3. The smallest absolute Gasteiger partial charge is 0.387 e. The third-order valence-electron chi connectivity index (χ3n) is 3.67. The first-order valence-corrected chi connectivity index (χ1v) is 7.11. The topological polar surface area (TPSA) is 41.5 Å². The maximum atomic E-state index is 12.1. The molecule has 0 aliphatic heterocycles. The van der Waals surface area contributed by atoms with Crippen LogP contribution in [-0.4, -0.2) is 24.3 Å². The molecular formula is C15H21F2NO2. The van der Waals surface area contributed by atoms with Crippen LogP contribution < -0.4 is 10.1 Å². The number of rotatable bonds is 6. The highest BCUT2D eigenvalue weighted by molar-refractivity contribution is 5.30. The van der Waals surface area contributed by atoms with Crippen LogP contribution in [0.3, 0.4) is 0 Å². The standard InChI is InChI=1S/C15H21F2NO2/c16-15(17)20-13-8-4-5-11(9-13)14(19)10-18-12-6-2-1-3-7-12/h4-5,8-9,12,14-15,18-19H,1-3,6-7,10H2. The summed E-state index contributed by atoms with van der Waals surface area (Å²) in [6, 6.07) is 6.69. The van der Waals surface area contributed by atoms with E-state index >= 15 is 0 Å². The average Bonchev–Trinajstić information content (AvgIpc) is 2.45. The minimum atomic E-state index is -2.84. The number of benzene rings is 1. The van der Waals surface area contributed by atoms with Crippen LogP contribution in [0.5, 0.6) is 5.75 Å². The Kier molecular flexibility index (Phi) is 5.73. The van der Waals surface area contributed by atoms with Gasteiger partial charge in [0.1, 0.15) is 5.75 Å². The highest BCUT2D eigenvalue weighted by Gasteiger charge is 2.15.